The van der Waals surface area contributed by atoms with Crippen molar-refractivity contribution in [2.75, 3.05) is 0 Å². The summed E-state index contributed by atoms with van der Waals surface area (Å²) in [6.45, 7) is 0. The van der Waals surface area contributed by atoms with Gasteiger partial charge in [-0.25, -0.2) is 4.79 Å². The van der Waals surface area contributed by atoms with Crippen molar-refractivity contribution in [2.45, 2.75) is 12.0 Å². The molecule has 0 amide bonds. The lowest BCUT2D eigenvalue weighted by Crippen LogP contribution is -2.37. The molecule has 1 aliphatic heterocycles. The van der Waals surface area contributed by atoms with Crippen LogP contribution in [0.1, 0.15) is 16.8 Å². The van der Waals surface area contributed by atoms with Gasteiger partial charge in [-0.15, -0.1) is 0 Å². The number of carbonyl (C=O) groups is 2. The number of halogens is 1. The zero-order valence-corrected chi connectivity index (χ0v) is 8.82. The molecule has 0 saturated heterocycles. The first kappa shape index (κ1) is 9.66. The Bertz CT molecular complexity index is 525. The first-order chi connectivity index (χ1) is 7.54. The number of fused-ring (bicyclic) bond motifs is 2. The molecule has 0 aromatic heterocycles. The summed E-state index contributed by atoms with van der Waals surface area (Å²) < 4.78 is 5.40. The van der Waals surface area contributed by atoms with E-state index in [4.69, 9.17) is 21.4 Å². The fraction of sp³-hybridized carbons (Fsp3) is 0.273. The monoisotopic (exact) mass is 238 g/mol. The molecular weight excluding hydrogens is 232 g/mol. The normalized spacial score (nSPS) is 30.1. The highest BCUT2D eigenvalue weighted by molar-refractivity contribution is 6.31. The lowest BCUT2D eigenvalue weighted by Gasteiger charge is -2.22. The van der Waals surface area contributed by atoms with Crippen molar-refractivity contribution in [3.63, 3.8) is 0 Å². The van der Waals surface area contributed by atoms with Crippen molar-refractivity contribution in [1.29, 1.82) is 0 Å². The van der Waals surface area contributed by atoms with E-state index >= 15 is 0 Å². The second-order valence-electron chi connectivity index (χ2n) is 4.06. The maximum absolute atomic E-state index is 11.9. The van der Waals surface area contributed by atoms with Crippen LogP contribution in [0.15, 0.2) is 18.2 Å². The second-order valence-corrected chi connectivity index (χ2v) is 4.49. The van der Waals surface area contributed by atoms with E-state index in [1.165, 1.54) is 12.1 Å². The Hall–Kier alpha value is -1.55. The minimum Gasteiger partial charge on any atom is -0.478 e. The summed E-state index contributed by atoms with van der Waals surface area (Å²) in [7, 11) is 0. The largest absolute Gasteiger partial charge is 0.478 e. The molecule has 1 fully saturated rings. The number of Topliss-reactive ketones (excluding diaryl/α,β-unsaturated/α-hetero) is 1. The Morgan fingerprint density at radius 1 is 1.56 bits per heavy atom. The third kappa shape index (κ3) is 1.05. The van der Waals surface area contributed by atoms with E-state index in [9.17, 15) is 9.59 Å². The SMILES string of the molecule is O=C1c2cc(Cl)ccc2O[C@]2(C(=O)O)C[C@@H]12. The third-order valence-corrected chi connectivity index (χ3v) is 3.32. The number of ketones is 1. The number of benzene rings is 1. The van der Waals surface area contributed by atoms with Crippen LogP contribution in [0.4, 0.5) is 0 Å². The number of carbonyl (C=O) groups excluding carboxylic acids is 1. The lowest BCUT2D eigenvalue weighted by atomic mass is 10.0. The lowest BCUT2D eigenvalue weighted by molar-refractivity contribution is -0.148. The van der Waals surface area contributed by atoms with Gasteiger partial charge in [-0.3, -0.25) is 4.79 Å². The van der Waals surface area contributed by atoms with Gasteiger partial charge in [0.2, 0.25) is 5.60 Å². The van der Waals surface area contributed by atoms with Gasteiger partial charge in [0.25, 0.3) is 0 Å². The standard InChI is InChI=1S/C11H7ClO4/c12-5-1-2-8-6(3-5)9(13)7-4-11(7,16-8)10(14)15/h1-3,7H,4H2,(H,14,15)/t7-,11+/m0/s1. The number of rotatable bonds is 1. The summed E-state index contributed by atoms with van der Waals surface area (Å²) in [5.74, 6) is -1.51. The number of hydrogen-bond donors (Lipinski definition) is 1. The molecule has 1 N–H and O–H groups in total. The van der Waals surface area contributed by atoms with Gasteiger partial charge in [0.05, 0.1) is 11.5 Å². The fourth-order valence-electron chi connectivity index (χ4n) is 2.11. The molecule has 2 aliphatic rings. The number of ether oxygens (including phenoxy) is 1. The van der Waals surface area contributed by atoms with Gasteiger partial charge in [-0.2, -0.15) is 0 Å². The Balaban J connectivity index is 2.11. The van der Waals surface area contributed by atoms with Gasteiger partial charge in [-0.05, 0) is 18.2 Å². The molecule has 1 aromatic carbocycles. The third-order valence-electron chi connectivity index (χ3n) is 3.09. The number of hydrogen-bond acceptors (Lipinski definition) is 3. The summed E-state index contributed by atoms with van der Waals surface area (Å²) >= 11 is 5.78. The Labute approximate surface area is 95.8 Å². The summed E-state index contributed by atoms with van der Waals surface area (Å²) in [6.07, 6.45) is 0.244. The topological polar surface area (TPSA) is 63.6 Å². The summed E-state index contributed by atoms with van der Waals surface area (Å²) in [4.78, 5) is 23.0. The van der Waals surface area contributed by atoms with Crippen LogP contribution in [0.3, 0.4) is 0 Å². The van der Waals surface area contributed by atoms with E-state index in [1.54, 1.807) is 6.07 Å². The highest BCUT2D eigenvalue weighted by atomic mass is 35.5. The second kappa shape index (κ2) is 2.77. The van der Waals surface area contributed by atoms with E-state index in [1.807, 2.05) is 0 Å². The van der Waals surface area contributed by atoms with Gasteiger partial charge in [0.1, 0.15) is 5.75 Å². The molecule has 0 unspecified atom stereocenters. The predicted octanol–water partition coefficient (Wildman–Crippen LogP) is 1.76. The summed E-state index contributed by atoms with van der Waals surface area (Å²) in [6, 6.07) is 4.63. The molecule has 0 bridgehead atoms. The number of aliphatic carboxylic acids is 1. The van der Waals surface area contributed by atoms with Crippen LogP contribution in [0.25, 0.3) is 0 Å². The molecular formula is C11H7ClO4. The molecule has 0 radical (unpaired) electrons. The fourth-order valence-corrected chi connectivity index (χ4v) is 2.28. The van der Waals surface area contributed by atoms with Gasteiger partial charge >= 0.3 is 5.97 Å². The minimum atomic E-state index is -1.32. The summed E-state index contributed by atoms with van der Waals surface area (Å²) in [5.41, 5.74) is -0.940. The highest BCUT2D eigenvalue weighted by Crippen LogP contribution is 2.54. The molecule has 1 aliphatic carbocycles. The van der Waals surface area contributed by atoms with Crippen molar-refractivity contribution in [2.24, 2.45) is 5.92 Å². The van der Waals surface area contributed by atoms with Crippen LogP contribution >= 0.6 is 11.6 Å². The molecule has 2 atom stereocenters. The molecule has 82 valence electrons. The van der Waals surface area contributed by atoms with Gasteiger partial charge in [-0.1, -0.05) is 11.6 Å². The van der Waals surface area contributed by atoms with Crippen molar-refractivity contribution in [3.8, 4) is 5.75 Å². The highest BCUT2D eigenvalue weighted by Gasteiger charge is 2.69. The molecule has 5 heteroatoms. The first-order valence-electron chi connectivity index (χ1n) is 4.81. The predicted molar refractivity (Wildman–Crippen MR) is 54.9 cm³/mol. The molecule has 1 heterocycles. The maximum atomic E-state index is 11.9. The van der Waals surface area contributed by atoms with Crippen LogP contribution in [-0.4, -0.2) is 22.5 Å². The van der Waals surface area contributed by atoms with Crippen LogP contribution in [0.2, 0.25) is 5.02 Å². The molecule has 1 saturated carbocycles. The molecule has 4 nitrogen and oxygen atoms in total. The quantitative estimate of drug-likeness (QED) is 0.810. The van der Waals surface area contributed by atoms with Crippen molar-refractivity contribution >= 4 is 23.4 Å². The van der Waals surface area contributed by atoms with Crippen molar-refractivity contribution in [1.82, 2.24) is 0 Å². The van der Waals surface area contributed by atoms with E-state index in [-0.39, 0.29) is 12.2 Å². The van der Waals surface area contributed by atoms with Crippen LogP contribution in [0, 0.1) is 5.92 Å². The zero-order valence-electron chi connectivity index (χ0n) is 8.07. The number of carboxylic acids is 1. The van der Waals surface area contributed by atoms with E-state index in [2.05, 4.69) is 0 Å². The van der Waals surface area contributed by atoms with Crippen LogP contribution < -0.4 is 4.74 Å². The van der Waals surface area contributed by atoms with Crippen molar-refractivity contribution in [3.05, 3.63) is 28.8 Å². The minimum absolute atomic E-state index is 0.189. The molecule has 16 heavy (non-hydrogen) atoms. The van der Waals surface area contributed by atoms with Gasteiger partial charge in [0.15, 0.2) is 5.78 Å². The maximum Gasteiger partial charge on any atom is 0.348 e. The zero-order chi connectivity index (χ0) is 11.5. The average molecular weight is 239 g/mol. The van der Waals surface area contributed by atoms with E-state index in [0.717, 1.165) is 0 Å². The first-order valence-corrected chi connectivity index (χ1v) is 5.18. The van der Waals surface area contributed by atoms with Crippen LogP contribution in [-0.2, 0) is 4.79 Å². The Kier molecular flexibility index (Phi) is 1.67. The average Bonchev–Trinajstić information content (AvgIpc) is 2.96. The Morgan fingerprint density at radius 2 is 2.31 bits per heavy atom. The Morgan fingerprint density at radius 3 is 3.00 bits per heavy atom. The van der Waals surface area contributed by atoms with Gasteiger partial charge in [0, 0.05) is 11.4 Å². The van der Waals surface area contributed by atoms with E-state index in [0.29, 0.717) is 16.3 Å². The van der Waals surface area contributed by atoms with Crippen LogP contribution in [0.5, 0.6) is 5.75 Å². The summed E-state index contributed by atoms with van der Waals surface area (Å²) in [5, 5.41) is 9.48. The van der Waals surface area contributed by atoms with Crippen molar-refractivity contribution < 1.29 is 19.4 Å². The number of carboxylic acid groups (broad SMARTS) is 1. The molecule has 3 rings (SSSR count). The van der Waals surface area contributed by atoms with Gasteiger partial charge < -0.3 is 9.84 Å². The van der Waals surface area contributed by atoms with E-state index < -0.39 is 17.5 Å². The molecule has 1 aromatic rings. The smallest absolute Gasteiger partial charge is 0.348 e. The molecule has 0 spiro atoms.